The standard InChI is InChI=1S/C19H36N2/c1-15-13-20-18(16-7-5-4-6-8-16)14-21(15)17-9-11-19(2,3)12-10-17/h15-18,20H,4-14H2,1-3H3. The second kappa shape index (κ2) is 6.58. The quantitative estimate of drug-likeness (QED) is 0.820. The van der Waals surface area contributed by atoms with E-state index in [1.54, 1.807) is 0 Å². The molecule has 0 aromatic heterocycles. The summed E-state index contributed by atoms with van der Waals surface area (Å²) in [5, 5.41) is 3.88. The third kappa shape index (κ3) is 3.82. The van der Waals surface area contributed by atoms with Crippen molar-refractivity contribution in [2.75, 3.05) is 13.1 Å². The molecule has 2 heteroatoms. The van der Waals surface area contributed by atoms with E-state index in [-0.39, 0.29) is 0 Å². The molecule has 0 amide bonds. The molecule has 3 rings (SSSR count). The van der Waals surface area contributed by atoms with Gasteiger partial charge in [0.15, 0.2) is 0 Å². The highest BCUT2D eigenvalue weighted by Gasteiger charge is 2.37. The van der Waals surface area contributed by atoms with Gasteiger partial charge in [-0.05, 0) is 56.8 Å². The van der Waals surface area contributed by atoms with E-state index in [9.17, 15) is 0 Å². The molecule has 21 heavy (non-hydrogen) atoms. The zero-order valence-corrected chi connectivity index (χ0v) is 14.5. The van der Waals surface area contributed by atoms with E-state index in [0.717, 1.165) is 24.0 Å². The van der Waals surface area contributed by atoms with Crippen LogP contribution in [0.5, 0.6) is 0 Å². The Hall–Kier alpha value is -0.0800. The summed E-state index contributed by atoms with van der Waals surface area (Å²) in [5.41, 5.74) is 0.594. The number of hydrogen-bond donors (Lipinski definition) is 1. The Bertz CT molecular complexity index is 322. The van der Waals surface area contributed by atoms with Gasteiger partial charge in [0, 0.05) is 31.2 Å². The molecule has 0 bridgehead atoms. The lowest BCUT2D eigenvalue weighted by Gasteiger charge is -2.48. The third-order valence-electron chi connectivity index (χ3n) is 6.65. The lowest BCUT2D eigenvalue weighted by Crippen LogP contribution is -2.61. The summed E-state index contributed by atoms with van der Waals surface area (Å²) in [6, 6.07) is 2.37. The molecule has 2 unspecified atom stereocenters. The molecule has 0 spiro atoms. The van der Waals surface area contributed by atoms with Gasteiger partial charge in [0.1, 0.15) is 0 Å². The largest absolute Gasteiger partial charge is 0.311 e. The fourth-order valence-electron chi connectivity index (χ4n) is 4.99. The summed E-state index contributed by atoms with van der Waals surface area (Å²) in [5.74, 6) is 0.953. The van der Waals surface area contributed by atoms with Crippen molar-refractivity contribution in [3.63, 3.8) is 0 Å². The Labute approximate surface area is 132 Å². The van der Waals surface area contributed by atoms with Gasteiger partial charge in [0.2, 0.25) is 0 Å². The lowest BCUT2D eigenvalue weighted by molar-refractivity contribution is 0.0318. The second-order valence-corrected chi connectivity index (χ2v) is 8.85. The SMILES string of the molecule is CC1CNC(C2CCCCC2)CN1C1CCC(C)(C)CC1. The van der Waals surface area contributed by atoms with Crippen LogP contribution in [0.25, 0.3) is 0 Å². The minimum Gasteiger partial charge on any atom is -0.311 e. The molecule has 0 radical (unpaired) electrons. The molecular formula is C19H36N2. The van der Waals surface area contributed by atoms with E-state index in [1.807, 2.05) is 0 Å². The van der Waals surface area contributed by atoms with Gasteiger partial charge in [-0.1, -0.05) is 33.1 Å². The molecule has 3 aliphatic rings. The van der Waals surface area contributed by atoms with Crippen LogP contribution in [0.15, 0.2) is 0 Å². The molecule has 1 N–H and O–H groups in total. The first kappa shape index (κ1) is 15.8. The summed E-state index contributed by atoms with van der Waals surface area (Å²) in [6.07, 6.45) is 13.0. The van der Waals surface area contributed by atoms with E-state index in [2.05, 4.69) is 31.0 Å². The van der Waals surface area contributed by atoms with E-state index < -0.39 is 0 Å². The monoisotopic (exact) mass is 292 g/mol. The number of piperazine rings is 1. The van der Waals surface area contributed by atoms with Gasteiger partial charge in [-0.25, -0.2) is 0 Å². The highest BCUT2D eigenvalue weighted by atomic mass is 15.3. The zero-order chi connectivity index (χ0) is 14.9. The molecule has 2 atom stereocenters. The maximum atomic E-state index is 3.88. The predicted octanol–water partition coefficient (Wildman–Crippen LogP) is 4.20. The minimum absolute atomic E-state index is 0.594. The van der Waals surface area contributed by atoms with Crippen molar-refractivity contribution in [2.24, 2.45) is 11.3 Å². The molecule has 0 aromatic rings. The van der Waals surface area contributed by atoms with Crippen molar-refractivity contribution in [3.05, 3.63) is 0 Å². The van der Waals surface area contributed by atoms with Crippen LogP contribution >= 0.6 is 0 Å². The Morgan fingerprint density at radius 2 is 1.62 bits per heavy atom. The molecule has 1 aliphatic heterocycles. The van der Waals surface area contributed by atoms with Gasteiger partial charge in [-0.3, -0.25) is 4.90 Å². The second-order valence-electron chi connectivity index (χ2n) is 8.85. The Kier molecular flexibility index (Phi) is 4.95. The molecule has 2 saturated carbocycles. The van der Waals surface area contributed by atoms with Gasteiger partial charge < -0.3 is 5.32 Å². The van der Waals surface area contributed by atoms with Crippen LogP contribution in [-0.4, -0.2) is 36.1 Å². The maximum Gasteiger partial charge on any atom is 0.0224 e. The maximum absolute atomic E-state index is 3.88. The minimum atomic E-state index is 0.594. The van der Waals surface area contributed by atoms with Gasteiger partial charge in [-0.15, -0.1) is 0 Å². The van der Waals surface area contributed by atoms with Crippen LogP contribution in [0.2, 0.25) is 0 Å². The fraction of sp³-hybridized carbons (Fsp3) is 1.00. The highest BCUT2D eigenvalue weighted by molar-refractivity contribution is 4.94. The van der Waals surface area contributed by atoms with Crippen molar-refractivity contribution >= 4 is 0 Å². The van der Waals surface area contributed by atoms with E-state index in [0.29, 0.717) is 5.41 Å². The van der Waals surface area contributed by atoms with Gasteiger partial charge in [0.05, 0.1) is 0 Å². The summed E-state index contributed by atoms with van der Waals surface area (Å²) in [6.45, 7) is 9.87. The third-order valence-corrected chi connectivity index (χ3v) is 6.65. The molecule has 0 aromatic carbocycles. The number of nitrogens with one attached hydrogen (secondary N) is 1. The van der Waals surface area contributed by atoms with Crippen molar-refractivity contribution in [2.45, 2.75) is 96.7 Å². The van der Waals surface area contributed by atoms with Gasteiger partial charge >= 0.3 is 0 Å². The zero-order valence-electron chi connectivity index (χ0n) is 14.5. The van der Waals surface area contributed by atoms with Crippen LogP contribution in [0.3, 0.4) is 0 Å². The van der Waals surface area contributed by atoms with Crippen molar-refractivity contribution in [1.29, 1.82) is 0 Å². The van der Waals surface area contributed by atoms with Crippen molar-refractivity contribution in [3.8, 4) is 0 Å². The van der Waals surface area contributed by atoms with Gasteiger partial charge in [0.25, 0.3) is 0 Å². The van der Waals surface area contributed by atoms with Crippen molar-refractivity contribution in [1.82, 2.24) is 10.2 Å². The van der Waals surface area contributed by atoms with E-state index in [1.165, 1.54) is 70.9 Å². The smallest absolute Gasteiger partial charge is 0.0224 e. The normalized spacial score (nSPS) is 36.7. The van der Waals surface area contributed by atoms with Crippen LogP contribution in [0, 0.1) is 11.3 Å². The summed E-state index contributed by atoms with van der Waals surface area (Å²) in [4.78, 5) is 2.88. The Balaban J connectivity index is 1.58. The first-order valence-corrected chi connectivity index (χ1v) is 9.54. The molecule has 1 heterocycles. The molecule has 122 valence electrons. The van der Waals surface area contributed by atoms with Crippen molar-refractivity contribution < 1.29 is 0 Å². The van der Waals surface area contributed by atoms with Gasteiger partial charge in [-0.2, -0.15) is 0 Å². The molecule has 3 fully saturated rings. The Morgan fingerprint density at radius 3 is 2.29 bits per heavy atom. The van der Waals surface area contributed by atoms with Crippen LogP contribution in [-0.2, 0) is 0 Å². The lowest BCUT2D eigenvalue weighted by atomic mass is 9.74. The average Bonchev–Trinajstić information content (AvgIpc) is 2.49. The highest BCUT2D eigenvalue weighted by Crippen LogP contribution is 2.38. The molecular weight excluding hydrogens is 256 g/mol. The fourth-order valence-corrected chi connectivity index (χ4v) is 4.99. The first-order valence-electron chi connectivity index (χ1n) is 9.54. The van der Waals surface area contributed by atoms with E-state index >= 15 is 0 Å². The summed E-state index contributed by atoms with van der Waals surface area (Å²) < 4.78 is 0. The first-order chi connectivity index (χ1) is 10.1. The summed E-state index contributed by atoms with van der Waals surface area (Å²) >= 11 is 0. The predicted molar refractivity (Wildman–Crippen MR) is 90.6 cm³/mol. The molecule has 2 aliphatic carbocycles. The van der Waals surface area contributed by atoms with Crippen LogP contribution in [0.1, 0.15) is 78.6 Å². The number of hydrogen-bond acceptors (Lipinski definition) is 2. The van der Waals surface area contributed by atoms with Crippen LogP contribution < -0.4 is 5.32 Å². The Morgan fingerprint density at radius 1 is 0.952 bits per heavy atom. The topological polar surface area (TPSA) is 15.3 Å². The van der Waals surface area contributed by atoms with Crippen LogP contribution in [0.4, 0.5) is 0 Å². The molecule has 1 saturated heterocycles. The summed E-state index contributed by atoms with van der Waals surface area (Å²) in [7, 11) is 0. The number of rotatable bonds is 2. The number of nitrogens with zero attached hydrogens (tertiary/aromatic N) is 1. The van der Waals surface area contributed by atoms with E-state index in [4.69, 9.17) is 0 Å². The average molecular weight is 293 g/mol. The molecule has 2 nitrogen and oxygen atoms in total.